The predicted molar refractivity (Wildman–Crippen MR) is 81.0 cm³/mol. The minimum atomic E-state index is 0.370. The van der Waals surface area contributed by atoms with Crippen LogP contribution in [0.2, 0.25) is 0 Å². The first kappa shape index (κ1) is 16.0. The second-order valence-electron chi connectivity index (χ2n) is 7.43. The molecule has 1 aliphatic rings. The quantitative estimate of drug-likeness (QED) is 0.807. The minimum Gasteiger partial charge on any atom is -0.313 e. The average molecular weight is 254 g/mol. The van der Waals surface area contributed by atoms with Gasteiger partial charge in [0.2, 0.25) is 0 Å². The molecule has 0 aliphatic heterocycles. The van der Waals surface area contributed by atoms with Gasteiger partial charge < -0.3 is 10.2 Å². The van der Waals surface area contributed by atoms with Gasteiger partial charge in [0.05, 0.1) is 0 Å². The lowest BCUT2D eigenvalue weighted by Gasteiger charge is -2.36. The zero-order chi connectivity index (χ0) is 13.8. The monoisotopic (exact) mass is 254 g/mol. The summed E-state index contributed by atoms with van der Waals surface area (Å²) in [5.41, 5.74) is 0.370. The second kappa shape index (κ2) is 6.91. The Morgan fingerprint density at radius 2 is 1.72 bits per heavy atom. The molecule has 0 bridgehead atoms. The summed E-state index contributed by atoms with van der Waals surface area (Å²) in [6, 6.07) is 1.41. The standard InChI is InChI=1S/C16H34N2/c1-13-7-9-15(10-8-13)17-11-12-18(6)14(2)16(3,4)5/h13-15,17H,7-12H2,1-6H3. The fourth-order valence-electron chi connectivity index (χ4n) is 2.76. The maximum absolute atomic E-state index is 3.74. The van der Waals surface area contributed by atoms with Crippen LogP contribution in [-0.4, -0.2) is 37.1 Å². The van der Waals surface area contributed by atoms with Crippen LogP contribution in [0.4, 0.5) is 0 Å². The third-order valence-electron chi connectivity index (χ3n) is 4.83. The Morgan fingerprint density at radius 3 is 2.22 bits per heavy atom. The van der Waals surface area contributed by atoms with Crippen molar-refractivity contribution in [1.29, 1.82) is 0 Å². The van der Waals surface area contributed by atoms with Crippen LogP contribution in [0.15, 0.2) is 0 Å². The third-order valence-corrected chi connectivity index (χ3v) is 4.83. The lowest BCUT2D eigenvalue weighted by Crippen LogP contribution is -2.44. The van der Waals surface area contributed by atoms with Crippen molar-refractivity contribution in [3.8, 4) is 0 Å². The summed E-state index contributed by atoms with van der Waals surface area (Å²) in [4.78, 5) is 2.48. The Kier molecular flexibility index (Phi) is 6.13. The fourth-order valence-corrected chi connectivity index (χ4v) is 2.76. The summed E-state index contributed by atoms with van der Waals surface area (Å²) >= 11 is 0. The molecule has 0 spiro atoms. The molecule has 0 aromatic rings. The van der Waals surface area contributed by atoms with Gasteiger partial charge in [0, 0.05) is 25.2 Å². The van der Waals surface area contributed by atoms with E-state index in [1.807, 2.05) is 0 Å². The average Bonchev–Trinajstić information content (AvgIpc) is 2.29. The highest BCUT2D eigenvalue weighted by atomic mass is 15.1. The first-order valence-corrected chi connectivity index (χ1v) is 7.74. The van der Waals surface area contributed by atoms with E-state index in [0.29, 0.717) is 11.5 Å². The van der Waals surface area contributed by atoms with Crippen LogP contribution in [0.5, 0.6) is 0 Å². The van der Waals surface area contributed by atoms with E-state index in [2.05, 4.69) is 51.9 Å². The summed E-state index contributed by atoms with van der Waals surface area (Å²) in [5.74, 6) is 0.951. The van der Waals surface area contributed by atoms with E-state index >= 15 is 0 Å². The van der Waals surface area contributed by atoms with Crippen molar-refractivity contribution >= 4 is 0 Å². The first-order valence-electron chi connectivity index (χ1n) is 7.74. The Labute approximate surface area is 115 Å². The van der Waals surface area contributed by atoms with Gasteiger partial charge >= 0.3 is 0 Å². The molecule has 108 valence electrons. The van der Waals surface area contributed by atoms with Gasteiger partial charge in [-0.1, -0.05) is 27.7 Å². The van der Waals surface area contributed by atoms with Crippen LogP contribution in [0.3, 0.4) is 0 Å². The summed E-state index contributed by atoms with van der Waals surface area (Å²) in [6.45, 7) is 14.0. The van der Waals surface area contributed by atoms with Crippen LogP contribution in [0, 0.1) is 11.3 Å². The van der Waals surface area contributed by atoms with Crippen molar-refractivity contribution in [3.05, 3.63) is 0 Å². The van der Waals surface area contributed by atoms with Crippen molar-refractivity contribution in [1.82, 2.24) is 10.2 Å². The molecular formula is C16H34N2. The minimum absolute atomic E-state index is 0.370. The molecular weight excluding hydrogens is 220 g/mol. The van der Waals surface area contributed by atoms with Crippen LogP contribution in [-0.2, 0) is 0 Å². The van der Waals surface area contributed by atoms with E-state index in [4.69, 9.17) is 0 Å². The molecule has 2 heteroatoms. The second-order valence-corrected chi connectivity index (χ2v) is 7.43. The molecule has 1 fully saturated rings. The molecule has 0 amide bonds. The van der Waals surface area contributed by atoms with E-state index in [1.54, 1.807) is 0 Å². The molecule has 1 N–H and O–H groups in total. The van der Waals surface area contributed by atoms with Gasteiger partial charge in [-0.25, -0.2) is 0 Å². The van der Waals surface area contributed by atoms with E-state index in [0.717, 1.165) is 25.0 Å². The zero-order valence-corrected chi connectivity index (χ0v) is 13.4. The number of nitrogens with one attached hydrogen (secondary N) is 1. The van der Waals surface area contributed by atoms with Crippen molar-refractivity contribution < 1.29 is 0 Å². The Hall–Kier alpha value is -0.0800. The lowest BCUT2D eigenvalue weighted by molar-refractivity contribution is 0.139. The lowest BCUT2D eigenvalue weighted by atomic mass is 9.87. The van der Waals surface area contributed by atoms with Gasteiger partial charge in [-0.2, -0.15) is 0 Å². The first-order chi connectivity index (χ1) is 8.30. The largest absolute Gasteiger partial charge is 0.313 e. The molecule has 0 aromatic carbocycles. The Balaban J connectivity index is 2.17. The molecule has 18 heavy (non-hydrogen) atoms. The number of likely N-dealkylation sites (N-methyl/N-ethyl adjacent to an activating group) is 1. The van der Waals surface area contributed by atoms with Crippen molar-refractivity contribution in [2.45, 2.75) is 72.4 Å². The number of nitrogens with zero attached hydrogens (tertiary/aromatic N) is 1. The SMILES string of the molecule is CC1CCC(NCCN(C)C(C)C(C)(C)C)CC1. The molecule has 1 rings (SSSR count). The van der Waals surface area contributed by atoms with E-state index in [9.17, 15) is 0 Å². The molecule has 0 saturated heterocycles. The van der Waals surface area contributed by atoms with Gasteiger partial charge in [-0.15, -0.1) is 0 Å². The van der Waals surface area contributed by atoms with Crippen molar-refractivity contribution in [2.24, 2.45) is 11.3 Å². The van der Waals surface area contributed by atoms with Gasteiger partial charge in [0.25, 0.3) is 0 Å². The number of hydrogen-bond donors (Lipinski definition) is 1. The van der Waals surface area contributed by atoms with E-state index < -0.39 is 0 Å². The molecule has 0 radical (unpaired) electrons. The van der Waals surface area contributed by atoms with Gasteiger partial charge in [-0.3, -0.25) is 0 Å². The summed E-state index contributed by atoms with van der Waals surface area (Å²) in [6.07, 6.45) is 5.57. The highest BCUT2D eigenvalue weighted by molar-refractivity contribution is 4.79. The van der Waals surface area contributed by atoms with Gasteiger partial charge in [0.15, 0.2) is 0 Å². The summed E-state index contributed by atoms with van der Waals surface area (Å²) in [5, 5.41) is 3.74. The molecule has 0 heterocycles. The topological polar surface area (TPSA) is 15.3 Å². The molecule has 1 atom stereocenters. The molecule has 1 unspecified atom stereocenters. The summed E-state index contributed by atoms with van der Waals surface area (Å²) < 4.78 is 0. The van der Waals surface area contributed by atoms with E-state index in [1.165, 1.54) is 25.7 Å². The zero-order valence-electron chi connectivity index (χ0n) is 13.4. The third kappa shape index (κ3) is 5.27. The van der Waals surface area contributed by atoms with Crippen LogP contribution >= 0.6 is 0 Å². The van der Waals surface area contributed by atoms with Gasteiger partial charge in [-0.05, 0) is 51.0 Å². The van der Waals surface area contributed by atoms with E-state index in [-0.39, 0.29) is 0 Å². The highest BCUT2D eigenvalue weighted by Crippen LogP contribution is 2.24. The molecule has 2 nitrogen and oxygen atoms in total. The summed E-state index contributed by atoms with van der Waals surface area (Å²) in [7, 11) is 2.25. The Bertz CT molecular complexity index is 224. The van der Waals surface area contributed by atoms with Crippen LogP contribution in [0.1, 0.15) is 60.3 Å². The number of hydrogen-bond acceptors (Lipinski definition) is 2. The normalized spacial score (nSPS) is 27.5. The maximum atomic E-state index is 3.74. The number of rotatable bonds is 5. The van der Waals surface area contributed by atoms with Crippen molar-refractivity contribution in [3.63, 3.8) is 0 Å². The van der Waals surface area contributed by atoms with Crippen LogP contribution < -0.4 is 5.32 Å². The highest BCUT2D eigenvalue weighted by Gasteiger charge is 2.23. The van der Waals surface area contributed by atoms with Crippen LogP contribution in [0.25, 0.3) is 0 Å². The maximum Gasteiger partial charge on any atom is 0.0113 e. The molecule has 0 aromatic heterocycles. The molecule has 1 aliphatic carbocycles. The predicted octanol–water partition coefficient (Wildman–Crippen LogP) is 3.52. The fraction of sp³-hybridized carbons (Fsp3) is 1.00. The molecule has 1 saturated carbocycles. The van der Waals surface area contributed by atoms with Crippen molar-refractivity contribution in [2.75, 3.05) is 20.1 Å². The smallest absolute Gasteiger partial charge is 0.0113 e. The van der Waals surface area contributed by atoms with Gasteiger partial charge in [0.1, 0.15) is 0 Å². The Morgan fingerprint density at radius 1 is 1.17 bits per heavy atom.